The van der Waals surface area contributed by atoms with Crippen molar-refractivity contribution in [2.75, 3.05) is 7.11 Å². The fraction of sp³-hybridized carbons (Fsp3) is 0.190. The Kier molecular flexibility index (Phi) is 6.93. The number of ether oxygens (including phenoxy) is 2. The summed E-state index contributed by atoms with van der Waals surface area (Å²) in [6.45, 7) is 1.68. The Labute approximate surface area is 169 Å². The van der Waals surface area contributed by atoms with E-state index in [4.69, 9.17) is 32.7 Å². The van der Waals surface area contributed by atoms with Gasteiger partial charge in [0.15, 0.2) is 11.5 Å². The summed E-state index contributed by atoms with van der Waals surface area (Å²) < 4.78 is 11.5. The van der Waals surface area contributed by atoms with E-state index in [1.54, 1.807) is 25.4 Å². The molecule has 4 nitrogen and oxygen atoms in total. The molecular formula is C21H20Cl2N2O2. The third-order valence-electron chi connectivity index (χ3n) is 4.03. The van der Waals surface area contributed by atoms with Crippen LogP contribution in [0.5, 0.6) is 11.5 Å². The summed E-state index contributed by atoms with van der Waals surface area (Å²) in [5.41, 5.74) is 2.99. The SMILES string of the molecule is COc1cccc(CNCc2cccnc2)c1OCc1ccc(Cl)cc1Cl. The molecule has 0 bridgehead atoms. The molecule has 27 heavy (non-hydrogen) atoms. The molecule has 1 heterocycles. The molecule has 0 aliphatic carbocycles. The molecule has 1 aromatic heterocycles. The minimum Gasteiger partial charge on any atom is -0.493 e. The predicted octanol–water partition coefficient (Wildman–Crippen LogP) is 5.27. The van der Waals surface area contributed by atoms with Gasteiger partial charge in [-0.15, -0.1) is 0 Å². The number of benzene rings is 2. The molecule has 0 unspecified atom stereocenters. The Morgan fingerprint density at radius 2 is 1.89 bits per heavy atom. The summed E-state index contributed by atoms with van der Waals surface area (Å²) in [6.07, 6.45) is 3.61. The number of hydrogen-bond acceptors (Lipinski definition) is 4. The van der Waals surface area contributed by atoms with Crippen LogP contribution in [-0.4, -0.2) is 12.1 Å². The highest BCUT2D eigenvalue weighted by Gasteiger charge is 2.12. The van der Waals surface area contributed by atoms with Crippen LogP contribution in [-0.2, 0) is 19.7 Å². The Hall–Kier alpha value is -2.27. The topological polar surface area (TPSA) is 43.4 Å². The van der Waals surface area contributed by atoms with Crippen LogP contribution in [0.4, 0.5) is 0 Å². The van der Waals surface area contributed by atoms with Crippen molar-refractivity contribution in [3.05, 3.63) is 87.7 Å². The van der Waals surface area contributed by atoms with Crippen molar-refractivity contribution < 1.29 is 9.47 Å². The van der Waals surface area contributed by atoms with E-state index in [0.717, 1.165) is 16.7 Å². The molecule has 1 N–H and O–H groups in total. The maximum absolute atomic E-state index is 6.25. The van der Waals surface area contributed by atoms with Gasteiger partial charge in [-0.05, 0) is 29.8 Å². The minimum atomic E-state index is 0.325. The summed E-state index contributed by atoms with van der Waals surface area (Å²) in [4.78, 5) is 4.13. The van der Waals surface area contributed by atoms with E-state index in [1.807, 2.05) is 42.6 Å². The number of nitrogens with one attached hydrogen (secondary N) is 1. The fourth-order valence-electron chi connectivity index (χ4n) is 2.66. The number of pyridine rings is 1. The molecule has 3 rings (SSSR count). The van der Waals surface area contributed by atoms with Crippen molar-refractivity contribution in [1.29, 1.82) is 0 Å². The van der Waals surface area contributed by atoms with Gasteiger partial charge in [-0.3, -0.25) is 4.98 Å². The average Bonchev–Trinajstić information content (AvgIpc) is 2.68. The minimum absolute atomic E-state index is 0.325. The van der Waals surface area contributed by atoms with Crippen molar-refractivity contribution in [2.45, 2.75) is 19.7 Å². The van der Waals surface area contributed by atoms with Crippen LogP contribution in [0.1, 0.15) is 16.7 Å². The molecule has 0 saturated heterocycles. The molecule has 0 radical (unpaired) electrons. The van der Waals surface area contributed by atoms with E-state index in [1.165, 1.54) is 0 Å². The van der Waals surface area contributed by atoms with Gasteiger partial charge in [0.25, 0.3) is 0 Å². The lowest BCUT2D eigenvalue weighted by atomic mass is 10.1. The zero-order chi connectivity index (χ0) is 19.1. The quantitative estimate of drug-likeness (QED) is 0.557. The molecule has 0 saturated carbocycles. The van der Waals surface area contributed by atoms with Crippen LogP contribution in [0.3, 0.4) is 0 Å². The first-order chi connectivity index (χ1) is 13.2. The molecular weight excluding hydrogens is 383 g/mol. The van der Waals surface area contributed by atoms with Gasteiger partial charge in [0.1, 0.15) is 6.61 Å². The zero-order valence-corrected chi connectivity index (χ0v) is 16.4. The molecule has 0 amide bonds. The van der Waals surface area contributed by atoms with E-state index >= 15 is 0 Å². The van der Waals surface area contributed by atoms with Crippen molar-refractivity contribution in [1.82, 2.24) is 10.3 Å². The maximum Gasteiger partial charge on any atom is 0.166 e. The molecule has 6 heteroatoms. The van der Waals surface area contributed by atoms with Gasteiger partial charge >= 0.3 is 0 Å². The molecule has 0 aliphatic heterocycles. The third kappa shape index (κ3) is 5.36. The summed E-state index contributed by atoms with van der Waals surface area (Å²) in [5.74, 6) is 1.38. The fourth-order valence-corrected chi connectivity index (χ4v) is 3.12. The number of methoxy groups -OCH3 is 1. The number of para-hydroxylation sites is 1. The molecule has 3 aromatic rings. The first-order valence-electron chi connectivity index (χ1n) is 8.49. The van der Waals surface area contributed by atoms with Gasteiger partial charge in [0.05, 0.1) is 7.11 Å². The predicted molar refractivity (Wildman–Crippen MR) is 109 cm³/mol. The molecule has 0 spiro atoms. The summed E-state index contributed by atoms with van der Waals surface area (Å²) in [7, 11) is 1.63. The van der Waals surface area contributed by atoms with Gasteiger partial charge in [-0.25, -0.2) is 0 Å². The van der Waals surface area contributed by atoms with Gasteiger partial charge < -0.3 is 14.8 Å². The zero-order valence-electron chi connectivity index (χ0n) is 14.9. The number of aromatic nitrogens is 1. The number of hydrogen-bond donors (Lipinski definition) is 1. The van der Waals surface area contributed by atoms with Crippen molar-refractivity contribution in [2.24, 2.45) is 0 Å². The van der Waals surface area contributed by atoms with Crippen molar-refractivity contribution in [3.8, 4) is 11.5 Å². The summed E-state index contributed by atoms with van der Waals surface area (Å²) >= 11 is 12.2. The van der Waals surface area contributed by atoms with Gasteiger partial charge in [-0.2, -0.15) is 0 Å². The van der Waals surface area contributed by atoms with E-state index in [0.29, 0.717) is 41.2 Å². The van der Waals surface area contributed by atoms with Gasteiger partial charge in [-0.1, -0.05) is 47.5 Å². The van der Waals surface area contributed by atoms with Crippen LogP contribution < -0.4 is 14.8 Å². The van der Waals surface area contributed by atoms with Crippen LogP contribution in [0.25, 0.3) is 0 Å². The monoisotopic (exact) mass is 402 g/mol. The van der Waals surface area contributed by atoms with Crippen LogP contribution >= 0.6 is 23.2 Å². The van der Waals surface area contributed by atoms with Gasteiger partial charge in [0.2, 0.25) is 0 Å². The Morgan fingerprint density at radius 3 is 2.63 bits per heavy atom. The lowest BCUT2D eigenvalue weighted by Gasteiger charge is -2.16. The summed E-state index contributed by atoms with van der Waals surface area (Å²) in [6, 6.07) is 15.2. The van der Waals surface area contributed by atoms with E-state index in [2.05, 4.69) is 10.3 Å². The second-order valence-electron chi connectivity index (χ2n) is 5.94. The van der Waals surface area contributed by atoms with E-state index in [9.17, 15) is 0 Å². The Bertz CT molecular complexity index is 889. The van der Waals surface area contributed by atoms with Crippen LogP contribution in [0.15, 0.2) is 60.9 Å². The van der Waals surface area contributed by atoms with Crippen LogP contribution in [0, 0.1) is 0 Å². The Morgan fingerprint density at radius 1 is 1.00 bits per heavy atom. The van der Waals surface area contributed by atoms with Crippen molar-refractivity contribution in [3.63, 3.8) is 0 Å². The smallest absolute Gasteiger partial charge is 0.166 e. The largest absolute Gasteiger partial charge is 0.493 e. The average molecular weight is 403 g/mol. The van der Waals surface area contributed by atoms with E-state index in [-0.39, 0.29) is 0 Å². The van der Waals surface area contributed by atoms with Gasteiger partial charge in [0, 0.05) is 46.7 Å². The lowest BCUT2D eigenvalue weighted by molar-refractivity contribution is 0.280. The normalized spacial score (nSPS) is 10.6. The third-order valence-corrected chi connectivity index (χ3v) is 4.62. The van der Waals surface area contributed by atoms with Crippen molar-refractivity contribution >= 4 is 23.2 Å². The number of halogens is 2. The molecule has 2 aromatic carbocycles. The maximum atomic E-state index is 6.25. The molecule has 0 aliphatic rings. The summed E-state index contributed by atoms with van der Waals surface area (Å²) in [5, 5.41) is 4.58. The van der Waals surface area contributed by atoms with E-state index < -0.39 is 0 Å². The second kappa shape index (κ2) is 9.60. The second-order valence-corrected chi connectivity index (χ2v) is 6.78. The van der Waals surface area contributed by atoms with Crippen LogP contribution in [0.2, 0.25) is 10.0 Å². The Balaban J connectivity index is 1.71. The first kappa shape index (κ1) is 19.5. The lowest BCUT2D eigenvalue weighted by Crippen LogP contribution is -2.14. The molecule has 0 atom stereocenters. The highest BCUT2D eigenvalue weighted by molar-refractivity contribution is 6.35. The molecule has 0 fully saturated rings. The highest BCUT2D eigenvalue weighted by atomic mass is 35.5. The highest BCUT2D eigenvalue weighted by Crippen LogP contribution is 2.32. The standard InChI is InChI=1S/C21H20Cl2N2O2/c1-26-20-6-2-5-16(13-25-12-15-4-3-9-24-11-15)21(20)27-14-17-7-8-18(22)10-19(17)23/h2-11,25H,12-14H2,1H3. The number of nitrogens with zero attached hydrogens (tertiary/aromatic N) is 1. The number of rotatable bonds is 8. The first-order valence-corrected chi connectivity index (χ1v) is 9.25. The molecule has 140 valence electrons.